The molecule has 106 valence electrons. The molecule has 0 aliphatic heterocycles. The number of hydrogen-bond donors (Lipinski definition) is 1. The Morgan fingerprint density at radius 3 is 2.50 bits per heavy atom. The molecule has 1 N–H and O–H groups in total. The molecule has 0 saturated carbocycles. The molecule has 0 aliphatic rings. The first-order valence-electron chi connectivity index (χ1n) is 6.87. The molecule has 0 aromatic heterocycles. The van der Waals surface area contributed by atoms with Gasteiger partial charge in [-0.05, 0) is 50.1 Å². The van der Waals surface area contributed by atoms with E-state index in [9.17, 15) is 8.78 Å². The molecule has 0 aliphatic carbocycles. The van der Waals surface area contributed by atoms with Crippen LogP contribution in [0.2, 0.25) is 0 Å². The second-order valence-electron chi connectivity index (χ2n) is 4.88. The van der Waals surface area contributed by atoms with Crippen molar-refractivity contribution in [2.45, 2.75) is 25.3 Å². The molecule has 0 spiro atoms. The molecule has 0 fully saturated rings. The van der Waals surface area contributed by atoms with Gasteiger partial charge < -0.3 is 5.32 Å². The van der Waals surface area contributed by atoms with Gasteiger partial charge in [-0.15, -0.1) is 0 Å². The second-order valence-corrected chi connectivity index (χ2v) is 4.88. The Balaban J connectivity index is 1.97. The van der Waals surface area contributed by atoms with Gasteiger partial charge in [-0.1, -0.05) is 30.3 Å². The first-order chi connectivity index (χ1) is 9.70. The van der Waals surface area contributed by atoms with E-state index >= 15 is 0 Å². The summed E-state index contributed by atoms with van der Waals surface area (Å²) in [6, 6.07) is 13.6. The predicted molar refractivity (Wildman–Crippen MR) is 77.5 cm³/mol. The highest BCUT2D eigenvalue weighted by molar-refractivity contribution is 5.22. The molecular formula is C17H19F2N. The van der Waals surface area contributed by atoms with E-state index < -0.39 is 5.82 Å². The summed E-state index contributed by atoms with van der Waals surface area (Å²) in [7, 11) is 1.78. The smallest absolute Gasteiger partial charge is 0.128 e. The standard InChI is InChI=1S/C17H19F2N/c1-20-17(15-12-14(18)10-11-16(15)19)9-5-8-13-6-3-2-4-7-13/h2-4,6-7,10-12,17,20H,5,8-9H2,1H3. The highest BCUT2D eigenvalue weighted by Crippen LogP contribution is 2.23. The zero-order valence-electron chi connectivity index (χ0n) is 11.6. The molecule has 2 aromatic carbocycles. The van der Waals surface area contributed by atoms with Gasteiger partial charge in [-0.3, -0.25) is 0 Å². The maximum absolute atomic E-state index is 13.8. The van der Waals surface area contributed by atoms with Gasteiger partial charge in [0.1, 0.15) is 11.6 Å². The Kier molecular flexibility index (Phi) is 5.24. The Bertz CT molecular complexity index is 540. The molecule has 3 heteroatoms. The van der Waals surface area contributed by atoms with E-state index in [1.54, 1.807) is 7.05 Å². The van der Waals surface area contributed by atoms with Gasteiger partial charge in [0.05, 0.1) is 0 Å². The summed E-state index contributed by atoms with van der Waals surface area (Å²) in [4.78, 5) is 0. The molecule has 2 rings (SSSR count). The van der Waals surface area contributed by atoms with E-state index in [1.165, 1.54) is 17.7 Å². The summed E-state index contributed by atoms with van der Waals surface area (Å²) < 4.78 is 27.0. The van der Waals surface area contributed by atoms with Crippen LogP contribution in [0.3, 0.4) is 0 Å². The molecule has 0 amide bonds. The molecule has 0 bridgehead atoms. The molecule has 0 heterocycles. The molecule has 1 unspecified atom stereocenters. The van der Waals surface area contributed by atoms with Crippen LogP contribution >= 0.6 is 0 Å². The summed E-state index contributed by atoms with van der Waals surface area (Å²) >= 11 is 0. The van der Waals surface area contributed by atoms with Crippen molar-refractivity contribution < 1.29 is 8.78 Å². The zero-order valence-corrected chi connectivity index (χ0v) is 11.6. The SMILES string of the molecule is CNC(CCCc1ccccc1)c1cc(F)ccc1F. The largest absolute Gasteiger partial charge is 0.313 e. The summed E-state index contributed by atoms with van der Waals surface area (Å²) in [6.07, 6.45) is 2.63. The van der Waals surface area contributed by atoms with Crippen LogP contribution in [0.15, 0.2) is 48.5 Å². The lowest BCUT2D eigenvalue weighted by molar-refractivity contribution is 0.488. The molecule has 2 aromatic rings. The van der Waals surface area contributed by atoms with Crippen molar-refractivity contribution in [3.8, 4) is 0 Å². The third kappa shape index (κ3) is 3.87. The fraction of sp³-hybridized carbons (Fsp3) is 0.294. The van der Waals surface area contributed by atoms with Crippen molar-refractivity contribution in [1.82, 2.24) is 5.32 Å². The summed E-state index contributed by atoms with van der Waals surface area (Å²) in [5.41, 5.74) is 1.67. The van der Waals surface area contributed by atoms with Gasteiger partial charge in [0.2, 0.25) is 0 Å². The number of nitrogens with one attached hydrogen (secondary N) is 1. The van der Waals surface area contributed by atoms with Gasteiger partial charge in [0.15, 0.2) is 0 Å². The quantitative estimate of drug-likeness (QED) is 0.831. The predicted octanol–water partition coefficient (Wildman–Crippen LogP) is 4.25. The maximum Gasteiger partial charge on any atom is 0.128 e. The first-order valence-corrected chi connectivity index (χ1v) is 6.87. The number of hydrogen-bond acceptors (Lipinski definition) is 1. The normalized spacial score (nSPS) is 12.3. The fourth-order valence-electron chi connectivity index (χ4n) is 2.39. The zero-order chi connectivity index (χ0) is 14.4. The molecule has 0 saturated heterocycles. The van der Waals surface area contributed by atoms with Gasteiger partial charge in [-0.2, -0.15) is 0 Å². The minimum atomic E-state index is -0.398. The van der Waals surface area contributed by atoms with E-state index in [0.717, 1.165) is 25.3 Å². The second kappa shape index (κ2) is 7.15. The van der Waals surface area contributed by atoms with Gasteiger partial charge >= 0.3 is 0 Å². The molecule has 1 nitrogen and oxygen atoms in total. The number of benzene rings is 2. The van der Waals surface area contributed by atoms with Crippen molar-refractivity contribution in [2.75, 3.05) is 7.05 Å². The summed E-state index contributed by atoms with van der Waals surface area (Å²) in [5, 5.41) is 3.07. The Hall–Kier alpha value is -1.74. The topological polar surface area (TPSA) is 12.0 Å². The van der Waals surface area contributed by atoms with Crippen LogP contribution in [0.4, 0.5) is 8.78 Å². The molecule has 20 heavy (non-hydrogen) atoms. The minimum absolute atomic E-state index is 0.158. The average molecular weight is 275 g/mol. The van der Waals surface area contributed by atoms with Gasteiger partial charge in [0.25, 0.3) is 0 Å². The van der Waals surface area contributed by atoms with E-state index in [0.29, 0.717) is 5.56 Å². The Morgan fingerprint density at radius 2 is 1.80 bits per heavy atom. The number of halogens is 2. The maximum atomic E-state index is 13.8. The third-order valence-electron chi connectivity index (χ3n) is 3.48. The van der Waals surface area contributed by atoms with Crippen LogP contribution < -0.4 is 5.32 Å². The van der Waals surface area contributed by atoms with Crippen LogP contribution in [0.1, 0.15) is 30.0 Å². The van der Waals surface area contributed by atoms with Crippen molar-refractivity contribution in [3.05, 3.63) is 71.3 Å². The van der Waals surface area contributed by atoms with E-state index in [2.05, 4.69) is 17.4 Å². The first kappa shape index (κ1) is 14.7. The Morgan fingerprint density at radius 1 is 1.05 bits per heavy atom. The molecular weight excluding hydrogens is 256 g/mol. The van der Waals surface area contributed by atoms with Crippen molar-refractivity contribution in [3.63, 3.8) is 0 Å². The lowest BCUT2D eigenvalue weighted by Gasteiger charge is -2.17. The minimum Gasteiger partial charge on any atom is -0.313 e. The van der Waals surface area contributed by atoms with Gasteiger partial charge in [-0.25, -0.2) is 8.78 Å². The number of rotatable bonds is 6. The van der Waals surface area contributed by atoms with Crippen LogP contribution in [0, 0.1) is 11.6 Å². The van der Waals surface area contributed by atoms with Crippen LogP contribution in [0.5, 0.6) is 0 Å². The Labute approximate surface area is 118 Å². The fourth-order valence-corrected chi connectivity index (χ4v) is 2.39. The van der Waals surface area contributed by atoms with E-state index in [1.807, 2.05) is 18.2 Å². The van der Waals surface area contributed by atoms with Crippen LogP contribution in [-0.4, -0.2) is 7.05 Å². The third-order valence-corrected chi connectivity index (χ3v) is 3.48. The number of aryl methyl sites for hydroxylation is 1. The molecule has 1 atom stereocenters. The van der Waals surface area contributed by atoms with Crippen molar-refractivity contribution in [2.24, 2.45) is 0 Å². The van der Waals surface area contributed by atoms with E-state index in [4.69, 9.17) is 0 Å². The van der Waals surface area contributed by atoms with E-state index in [-0.39, 0.29) is 11.9 Å². The lowest BCUT2D eigenvalue weighted by Crippen LogP contribution is -2.18. The summed E-state index contributed by atoms with van der Waals surface area (Å²) in [5.74, 6) is -0.754. The highest BCUT2D eigenvalue weighted by atomic mass is 19.1. The van der Waals surface area contributed by atoms with Crippen molar-refractivity contribution >= 4 is 0 Å². The van der Waals surface area contributed by atoms with Crippen LogP contribution in [0.25, 0.3) is 0 Å². The average Bonchev–Trinajstić information content (AvgIpc) is 2.48. The van der Waals surface area contributed by atoms with Gasteiger partial charge in [0, 0.05) is 11.6 Å². The summed E-state index contributed by atoms with van der Waals surface area (Å²) in [6.45, 7) is 0. The highest BCUT2D eigenvalue weighted by Gasteiger charge is 2.14. The molecule has 0 radical (unpaired) electrons. The van der Waals surface area contributed by atoms with Crippen LogP contribution in [-0.2, 0) is 6.42 Å². The van der Waals surface area contributed by atoms with Crippen molar-refractivity contribution in [1.29, 1.82) is 0 Å². The lowest BCUT2D eigenvalue weighted by atomic mass is 9.98. The monoisotopic (exact) mass is 275 g/mol.